The smallest absolute Gasteiger partial charge is 0.200 e. The van der Waals surface area contributed by atoms with Crippen LogP contribution in [-0.4, -0.2) is 15.6 Å². The number of nitrogens with zero attached hydrogens (tertiary/aromatic N) is 2. The van der Waals surface area contributed by atoms with Crippen molar-refractivity contribution < 1.29 is 4.79 Å². The van der Waals surface area contributed by atoms with Crippen molar-refractivity contribution in [1.82, 2.24) is 9.78 Å². The number of aryl methyl sites for hydroxylation is 1. The molecule has 0 atom stereocenters. The lowest BCUT2D eigenvalue weighted by Gasteiger charge is -2.04. The Morgan fingerprint density at radius 1 is 1.04 bits per heavy atom. The maximum atomic E-state index is 12.6. The first-order valence-corrected chi connectivity index (χ1v) is 9.06. The maximum Gasteiger partial charge on any atom is 0.200 e. The van der Waals surface area contributed by atoms with Crippen LogP contribution in [0.5, 0.6) is 0 Å². The number of rotatable bonds is 3. The van der Waals surface area contributed by atoms with Crippen molar-refractivity contribution in [3.8, 4) is 0 Å². The number of benzene rings is 2. The highest BCUT2D eigenvalue weighted by molar-refractivity contribution is 8.04. The zero-order valence-electron chi connectivity index (χ0n) is 14.2. The van der Waals surface area contributed by atoms with E-state index >= 15 is 0 Å². The van der Waals surface area contributed by atoms with E-state index in [4.69, 9.17) is 0 Å². The standard InChI is InChI=1S/C21H18N2OS/c1-14-18(12-20-21(24)17-10-6-7-11-19(17)25-20)15(2)23(22-14)13-16-8-4-3-5-9-16/h3-12H,13H2,1-2H3/b20-12+. The number of fused-ring (bicyclic) bond motifs is 1. The number of aromatic nitrogens is 2. The lowest BCUT2D eigenvalue weighted by Crippen LogP contribution is -2.03. The van der Waals surface area contributed by atoms with Gasteiger partial charge in [0.05, 0.1) is 17.1 Å². The summed E-state index contributed by atoms with van der Waals surface area (Å²) in [4.78, 5) is 14.4. The van der Waals surface area contributed by atoms with Gasteiger partial charge in [-0.05, 0) is 37.6 Å². The topological polar surface area (TPSA) is 34.9 Å². The number of carbonyl (C=O) groups is 1. The van der Waals surface area contributed by atoms with Crippen LogP contribution >= 0.6 is 11.8 Å². The molecule has 0 unspecified atom stereocenters. The Kier molecular flexibility index (Phi) is 4.06. The van der Waals surface area contributed by atoms with Gasteiger partial charge in [-0.25, -0.2) is 0 Å². The monoisotopic (exact) mass is 346 g/mol. The summed E-state index contributed by atoms with van der Waals surface area (Å²) < 4.78 is 2.01. The van der Waals surface area contributed by atoms with E-state index in [0.29, 0.717) is 0 Å². The second-order valence-corrected chi connectivity index (χ2v) is 7.25. The fraction of sp³-hybridized carbons (Fsp3) is 0.143. The van der Waals surface area contributed by atoms with E-state index in [9.17, 15) is 4.79 Å². The molecule has 2 heterocycles. The molecule has 3 aromatic rings. The van der Waals surface area contributed by atoms with Crippen molar-refractivity contribution in [3.63, 3.8) is 0 Å². The normalized spacial score (nSPS) is 15.0. The van der Waals surface area contributed by atoms with Gasteiger partial charge in [0.1, 0.15) is 0 Å². The summed E-state index contributed by atoms with van der Waals surface area (Å²) in [6.45, 7) is 4.79. The van der Waals surface area contributed by atoms with E-state index < -0.39 is 0 Å². The molecule has 1 aliphatic rings. The average molecular weight is 346 g/mol. The molecule has 0 bridgehead atoms. The molecule has 0 amide bonds. The third-order valence-corrected chi connectivity index (χ3v) is 5.56. The molecule has 0 radical (unpaired) electrons. The Labute approximate surface area is 151 Å². The Morgan fingerprint density at radius 2 is 1.76 bits per heavy atom. The van der Waals surface area contributed by atoms with Crippen molar-refractivity contribution in [2.45, 2.75) is 25.3 Å². The van der Waals surface area contributed by atoms with E-state index in [-0.39, 0.29) is 5.78 Å². The molecule has 0 saturated carbocycles. The largest absolute Gasteiger partial charge is 0.288 e. The first-order valence-electron chi connectivity index (χ1n) is 8.24. The van der Waals surface area contributed by atoms with Crippen molar-refractivity contribution in [1.29, 1.82) is 0 Å². The van der Waals surface area contributed by atoms with Gasteiger partial charge < -0.3 is 0 Å². The zero-order valence-corrected chi connectivity index (χ0v) is 15.0. The van der Waals surface area contributed by atoms with E-state index in [1.165, 1.54) is 5.56 Å². The van der Waals surface area contributed by atoms with Gasteiger partial charge in [0.2, 0.25) is 5.78 Å². The maximum absolute atomic E-state index is 12.6. The van der Waals surface area contributed by atoms with Crippen LogP contribution in [0.3, 0.4) is 0 Å². The lowest BCUT2D eigenvalue weighted by atomic mass is 10.1. The number of hydrogen-bond donors (Lipinski definition) is 0. The molecule has 1 aromatic heterocycles. The van der Waals surface area contributed by atoms with Gasteiger partial charge >= 0.3 is 0 Å². The van der Waals surface area contributed by atoms with Crippen LogP contribution in [0.2, 0.25) is 0 Å². The van der Waals surface area contributed by atoms with Crippen LogP contribution in [0, 0.1) is 13.8 Å². The molecule has 3 nitrogen and oxygen atoms in total. The van der Waals surface area contributed by atoms with E-state index in [0.717, 1.165) is 38.9 Å². The minimum atomic E-state index is 0.107. The van der Waals surface area contributed by atoms with Crippen LogP contribution in [0.25, 0.3) is 6.08 Å². The van der Waals surface area contributed by atoms with Gasteiger partial charge in [-0.2, -0.15) is 5.10 Å². The number of ketones is 1. The Balaban J connectivity index is 1.67. The van der Waals surface area contributed by atoms with Gasteiger partial charge in [0, 0.05) is 21.7 Å². The highest BCUT2D eigenvalue weighted by atomic mass is 32.2. The van der Waals surface area contributed by atoms with Crippen LogP contribution in [-0.2, 0) is 6.54 Å². The zero-order chi connectivity index (χ0) is 17.4. The quantitative estimate of drug-likeness (QED) is 0.634. The van der Waals surface area contributed by atoms with E-state index in [1.807, 2.05) is 60.1 Å². The lowest BCUT2D eigenvalue weighted by molar-refractivity contribution is 0.104. The molecule has 124 valence electrons. The van der Waals surface area contributed by atoms with Gasteiger partial charge in [0.25, 0.3) is 0 Å². The third kappa shape index (κ3) is 2.94. The summed E-state index contributed by atoms with van der Waals surface area (Å²) in [5, 5.41) is 4.67. The summed E-state index contributed by atoms with van der Waals surface area (Å²) in [5.41, 5.74) is 5.08. The Bertz CT molecular complexity index is 986. The molecule has 0 spiro atoms. The van der Waals surface area contributed by atoms with Crippen LogP contribution in [0.15, 0.2) is 64.4 Å². The number of thioether (sulfide) groups is 1. The van der Waals surface area contributed by atoms with Crippen molar-refractivity contribution >= 4 is 23.6 Å². The summed E-state index contributed by atoms with van der Waals surface area (Å²) in [5.74, 6) is 0.107. The van der Waals surface area contributed by atoms with Crippen molar-refractivity contribution in [2.24, 2.45) is 0 Å². The molecule has 4 heteroatoms. The van der Waals surface area contributed by atoms with Crippen molar-refractivity contribution in [3.05, 3.63) is 87.6 Å². The average Bonchev–Trinajstić information content (AvgIpc) is 3.08. The third-order valence-electron chi connectivity index (χ3n) is 4.46. The molecule has 0 fully saturated rings. The predicted molar refractivity (Wildman–Crippen MR) is 102 cm³/mol. The van der Waals surface area contributed by atoms with E-state index in [2.05, 4.69) is 24.2 Å². The Morgan fingerprint density at radius 3 is 2.52 bits per heavy atom. The highest BCUT2D eigenvalue weighted by Gasteiger charge is 2.26. The molecule has 1 aliphatic heterocycles. The Hall–Kier alpha value is -2.59. The predicted octanol–water partition coefficient (Wildman–Crippen LogP) is 4.88. The van der Waals surface area contributed by atoms with Gasteiger partial charge in [0.15, 0.2) is 0 Å². The van der Waals surface area contributed by atoms with Crippen LogP contribution in [0.4, 0.5) is 0 Å². The highest BCUT2D eigenvalue weighted by Crippen LogP contribution is 2.41. The molecule has 2 aromatic carbocycles. The summed E-state index contributed by atoms with van der Waals surface area (Å²) >= 11 is 1.54. The second kappa shape index (κ2) is 6.37. The second-order valence-electron chi connectivity index (χ2n) is 6.16. The number of carbonyl (C=O) groups excluding carboxylic acids is 1. The van der Waals surface area contributed by atoms with Gasteiger partial charge in [-0.3, -0.25) is 9.48 Å². The summed E-state index contributed by atoms with van der Waals surface area (Å²) in [6.07, 6.45) is 1.99. The van der Waals surface area contributed by atoms with Crippen LogP contribution in [0.1, 0.15) is 32.9 Å². The molecule has 0 N–H and O–H groups in total. The van der Waals surface area contributed by atoms with E-state index in [1.54, 1.807) is 11.8 Å². The SMILES string of the molecule is Cc1nn(Cc2ccccc2)c(C)c1/C=C1/Sc2ccccc2C1=O. The number of hydrogen-bond acceptors (Lipinski definition) is 3. The van der Waals surface area contributed by atoms with Gasteiger partial charge in [-0.1, -0.05) is 54.2 Å². The molecule has 0 aliphatic carbocycles. The molecule has 4 rings (SSSR count). The minimum Gasteiger partial charge on any atom is -0.288 e. The molecule has 25 heavy (non-hydrogen) atoms. The fourth-order valence-corrected chi connectivity index (χ4v) is 4.13. The van der Waals surface area contributed by atoms with Crippen molar-refractivity contribution in [2.75, 3.05) is 0 Å². The summed E-state index contributed by atoms with van der Waals surface area (Å²) in [6, 6.07) is 18.1. The fourth-order valence-electron chi connectivity index (χ4n) is 3.10. The summed E-state index contributed by atoms with van der Waals surface area (Å²) in [7, 11) is 0. The first-order chi connectivity index (χ1) is 12.1. The number of allylic oxidation sites excluding steroid dienone is 1. The van der Waals surface area contributed by atoms with Gasteiger partial charge in [-0.15, -0.1) is 0 Å². The first kappa shape index (κ1) is 15.9. The van der Waals surface area contributed by atoms with Crippen LogP contribution < -0.4 is 0 Å². The molecular formula is C21H18N2OS. The molecule has 0 saturated heterocycles. The molecular weight excluding hydrogens is 328 g/mol. The minimum absolute atomic E-state index is 0.107. The number of Topliss-reactive ketones (excluding diaryl/α,β-unsaturated/α-hetero) is 1.